The van der Waals surface area contributed by atoms with Gasteiger partial charge in [0, 0.05) is 6.04 Å². The SMILES string of the molecule is C=CCC(CC=C)(C(=O)O)C(=O)NC(=O)NC1CCCCC1. The maximum atomic E-state index is 12.3. The number of rotatable bonds is 7. The number of carboxylic acid groups (broad SMARTS) is 1. The number of aliphatic carboxylic acids is 1. The smallest absolute Gasteiger partial charge is 0.321 e. The van der Waals surface area contributed by atoms with Crippen LogP contribution in [0.5, 0.6) is 0 Å². The van der Waals surface area contributed by atoms with Crippen LogP contribution in [-0.4, -0.2) is 29.1 Å². The van der Waals surface area contributed by atoms with Crippen molar-refractivity contribution in [3.8, 4) is 0 Å². The molecule has 1 aliphatic carbocycles. The molecule has 1 saturated carbocycles. The van der Waals surface area contributed by atoms with Crippen molar-refractivity contribution in [1.82, 2.24) is 10.6 Å². The first-order chi connectivity index (χ1) is 10.5. The molecule has 0 bridgehead atoms. The van der Waals surface area contributed by atoms with Crippen LogP contribution in [0.3, 0.4) is 0 Å². The molecule has 3 N–H and O–H groups in total. The topological polar surface area (TPSA) is 95.5 Å². The van der Waals surface area contributed by atoms with Crippen LogP contribution in [0, 0.1) is 5.41 Å². The van der Waals surface area contributed by atoms with Crippen molar-refractivity contribution in [2.45, 2.75) is 51.0 Å². The zero-order valence-electron chi connectivity index (χ0n) is 12.8. The molecule has 6 nitrogen and oxygen atoms in total. The molecule has 0 aliphatic heterocycles. The third-order valence-corrected chi connectivity index (χ3v) is 4.00. The molecule has 0 unspecified atom stereocenters. The Bertz CT molecular complexity index is 443. The highest BCUT2D eigenvalue weighted by Gasteiger charge is 2.44. The van der Waals surface area contributed by atoms with E-state index >= 15 is 0 Å². The van der Waals surface area contributed by atoms with Crippen molar-refractivity contribution in [3.63, 3.8) is 0 Å². The number of hydrogen-bond donors (Lipinski definition) is 3. The van der Waals surface area contributed by atoms with Gasteiger partial charge in [0.15, 0.2) is 5.41 Å². The minimum atomic E-state index is -1.74. The third kappa shape index (κ3) is 4.44. The van der Waals surface area contributed by atoms with Crippen LogP contribution in [-0.2, 0) is 9.59 Å². The maximum absolute atomic E-state index is 12.3. The molecule has 0 radical (unpaired) electrons. The summed E-state index contributed by atoms with van der Waals surface area (Å²) in [5, 5.41) is 14.3. The van der Waals surface area contributed by atoms with Crippen LogP contribution in [0.4, 0.5) is 4.79 Å². The molecule has 3 amide bonds. The van der Waals surface area contributed by atoms with E-state index in [9.17, 15) is 19.5 Å². The van der Waals surface area contributed by atoms with Crippen molar-refractivity contribution in [2.24, 2.45) is 5.41 Å². The molecule has 0 aromatic rings. The number of imide groups is 1. The first-order valence-corrected chi connectivity index (χ1v) is 7.53. The normalized spacial score (nSPS) is 15.6. The molecule has 0 atom stereocenters. The lowest BCUT2D eigenvalue weighted by atomic mass is 9.80. The van der Waals surface area contributed by atoms with E-state index in [1.165, 1.54) is 12.2 Å². The van der Waals surface area contributed by atoms with Crippen LogP contribution in [0.2, 0.25) is 0 Å². The van der Waals surface area contributed by atoms with Crippen molar-refractivity contribution in [2.75, 3.05) is 0 Å². The molecule has 0 spiro atoms. The van der Waals surface area contributed by atoms with E-state index in [0.717, 1.165) is 32.1 Å². The zero-order valence-corrected chi connectivity index (χ0v) is 12.8. The van der Waals surface area contributed by atoms with Gasteiger partial charge in [-0.3, -0.25) is 14.9 Å². The molecular formula is C16H24N2O4. The summed E-state index contributed by atoms with van der Waals surface area (Å²) in [4.78, 5) is 35.7. The Morgan fingerprint density at radius 1 is 1.09 bits per heavy atom. The maximum Gasteiger partial charge on any atom is 0.321 e. The average molecular weight is 308 g/mol. The van der Waals surface area contributed by atoms with Gasteiger partial charge in [-0.05, 0) is 25.7 Å². The second kappa shape index (κ2) is 8.36. The zero-order chi connectivity index (χ0) is 16.6. The summed E-state index contributed by atoms with van der Waals surface area (Å²) in [6, 6.07) is -0.602. The van der Waals surface area contributed by atoms with Gasteiger partial charge in [-0.25, -0.2) is 4.79 Å². The fourth-order valence-corrected chi connectivity index (χ4v) is 2.72. The summed E-state index contributed by atoms with van der Waals surface area (Å²) in [7, 11) is 0. The minimum Gasteiger partial charge on any atom is -0.480 e. The molecule has 1 fully saturated rings. The highest BCUT2D eigenvalue weighted by molar-refractivity contribution is 6.08. The molecule has 0 aromatic carbocycles. The van der Waals surface area contributed by atoms with Crippen molar-refractivity contribution < 1.29 is 19.5 Å². The van der Waals surface area contributed by atoms with Crippen LogP contribution < -0.4 is 10.6 Å². The van der Waals surface area contributed by atoms with Gasteiger partial charge in [0.25, 0.3) is 0 Å². The Kier molecular flexibility index (Phi) is 6.82. The second-order valence-electron chi connectivity index (χ2n) is 5.64. The first-order valence-electron chi connectivity index (χ1n) is 7.53. The van der Waals surface area contributed by atoms with Crippen LogP contribution in [0.1, 0.15) is 44.9 Å². The van der Waals surface area contributed by atoms with Crippen molar-refractivity contribution >= 4 is 17.9 Å². The summed E-state index contributed by atoms with van der Waals surface area (Å²) >= 11 is 0. The third-order valence-electron chi connectivity index (χ3n) is 4.00. The van der Waals surface area contributed by atoms with Gasteiger partial charge >= 0.3 is 12.0 Å². The predicted octanol–water partition coefficient (Wildman–Crippen LogP) is 2.37. The van der Waals surface area contributed by atoms with E-state index in [2.05, 4.69) is 23.8 Å². The van der Waals surface area contributed by atoms with Gasteiger partial charge in [0.2, 0.25) is 5.91 Å². The second-order valence-corrected chi connectivity index (χ2v) is 5.64. The van der Waals surface area contributed by atoms with Crippen LogP contribution in [0.15, 0.2) is 25.3 Å². The first kappa shape index (κ1) is 17.9. The van der Waals surface area contributed by atoms with Gasteiger partial charge in [-0.2, -0.15) is 0 Å². The van der Waals surface area contributed by atoms with Gasteiger partial charge < -0.3 is 10.4 Å². The summed E-state index contributed by atoms with van der Waals surface area (Å²) in [5.74, 6) is -2.14. The number of allylic oxidation sites excluding steroid dienone is 2. The van der Waals surface area contributed by atoms with Crippen LogP contribution >= 0.6 is 0 Å². The van der Waals surface area contributed by atoms with Gasteiger partial charge in [0.1, 0.15) is 0 Å². The molecule has 22 heavy (non-hydrogen) atoms. The summed E-state index contributed by atoms with van der Waals surface area (Å²) in [5.41, 5.74) is -1.74. The lowest BCUT2D eigenvalue weighted by molar-refractivity contribution is -0.155. The number of urea groups is 1. The van der Waals surface area contributed by atoms with E-state index in [4.69, 9.17) is 0 Å². The predicted molar refractivity (Wildman–Crippen MR) is 83.2 cm³/mol. The summed E-state index contributed by atoms with van der Waals surface area (Å²) in [6.45, 7) is 6.97. The molecule has 122 valence electrons. The highest BCUT2D eigenvalue weighted by Crippen LogP contribution is 2.28. The molecule has 6 heteroatoms. The molecule has 0 aromatic heterocycles. The number of nitrogens with one attached hydrogen (secondary N) is 2. The number of hydrogen-bond acceptors (Lipinski definition) is 3. The number of amides is 3. The minimum absolute atomic E-state index is 0.0413. The van der Waals surface area contributed by atoms with Crippen LogP contribution in [0.25, 0.3) is 0 Å². The van der Waals surface area contributed by atoms with Gasteiger partial charge in [-0.1, -0.05) is 31.4 Å². The molecular weight excluding hydrogens is 284 g/mol. The molecule has 0 saturated heterocycles. The Morgan fingerprint density at radius 2 is 1.64 bits per heavy atom. The average Bonchev–Trinajstić information content (AvgIpc) is 2.47. The van der Waals surface area contributed by atoms with Crippen molar-refractivity contribution in [1.29, 1.82) is 0 Å². The fourth-order valence-electron chi connectivity index (χ4n) is 2.72. The Labute approximate surface area is 130 Å². The van der Waals surface area contributed by atoms with Gasteiger partial charge in [-0.15, -0.1) is 13.2 Å². The standard InChI is InChI=1S/C16H24N2O4/c1-3-10-16(11-4-2,14(20)21)13(19)18-15(22)17-12-8-6-5-7-9-12/h3-4,12H,1-2,5-11H2,(H,20,21)(H2,17,18,19,22). The number of carbonyl (C=O) groups excluding carboxylic acids is 2. The summed E-state index contributed by atoms with van der Waals surface area (Å²) < 4.78 is 0. The number of carboxylic acids is 1. The lowest BCUT2D eigenvalue weighted by Crippen LogP contribution is -2.52. The highest BCUT2D eigenvalue weighted by atomic mass is 16.4. The Hall–Kier alpha value is -2.11. The number of carbonyl (C=O) groups is 3. The Morgan fingerprint density at radius 3 is 2.09 bits per heavy atom. The van der Waals surface area contributed by atoms with E-state index in [0.29, 0.717) is 0 Å². The lowest BCUT2D eigenvalue weighted by Gasteiger charge is -2.27. The van der Waals surface area contributed by atoms with E-state index in [1.54, 1.807) is 0 Å². The summed E-state index contributed by atoms with van der Waals surface area (Å²) in [6.07, 6.45) is 7.57. The van der Waals surface area contributed by atoms with Gasteiger partial charge in [0.05, 0.1) is 0 Å². The Balaban J connectivity index is 2.72. The van der Waals surface area contributed by atoms with Crippen molar-refractivity contribution in [3.05, 3.63) is 25.3 Å². The fraction of sp³-hybridized carbons (Fsp3) is 0.562. The molecule has 1 aliphatic rings. The monoisotopic (exact) mass is 308 g/mol. The largest absolute Gasteiger partial charge is 0.480 e. The van der Waals surface area contributed by atoms with E-state index in [1.807, 2.05) is 0 Å². The van der Waals surface area contributed by atoms with E-state index < -0.39 is 23.3 Å². The van der Waals surface area contributed by atoms with E-state index in [-0.39, 0.29) is 18.9 Å². The quantitative estimate of drug-likeness (QED) is 0.497. The molecule has 0 heterocycles. The molecule has 1 rings (SSSR count).